The highest BCUT2D eigenvalue weighted by atomic mass is 16.5. The first-order chi connectivity index (χ1) is 10.7. The number of aryl methyl sites for hydroxylation is 1. The van der Waals surface area contributed by atoms with Gasteiger partial charge in [0.2, 0.25) is 0 Å². The summed E-state index contributed by atoms with van der Waals surface area (Å²) in [6.45, 7) is 3.20. The predicted molar refractivity (Wildman–Crippen MR) is 84.4 cm³/mol. The molecular weight excluding hydrogens is 278 g/mol. The molecule has 0 spiro atoms. The smallest absolute Gasteiger partial charge is 0.317 e. The van der Waals surface area contributed by atoms with Crippen LogP contribution < -0.4 is 5.32 Å². The molecular formula is C17H27N3O2. The van der Waals surface area contributed by atoms with Crippen molar-refractivity contribution in [3.63, 3.8) is 0 Å². The van der Waals surface area contributed by atoms with Crippen molar-refractivity contribution >= 4 is 6.03 Å². The molecule has 1 aliphatic carbocycles. The number of nitrogens with one attached hydrogen (secondary N) is 1. The monoisotopic (exact) mass is 305 g/mol. The van der Waals surface area contributed by atoms with Gasteiger partial charge in [0.1, 0.15) is 11.5 Å². The molecule has 1 aliphatic heterocycles. The van der Waals surface area contributed by atoms with Crippen LogP contribution in [0, 0.1) is 12.8 Å². The van der Waals surface area contributed by atoms with Crippen LogP contribution in [-0.4, -0.2) is 28.7 Å². The standard InChI is InChI=1S/C17H27N3O2/c1-13-10-15(19-22-13)12-18-17(21)20-9-5-8-16(20)11-14-6-3-2-4-7-14/h10,14,16H,2-9,11-12H2,1H3,(H,18,21)/t16-/m1/s1. The van der Waals surface area contributed by atoms with Crippen molar-refractivity contribution in [2.45, 2.75) is 70.9 Å². The van der Waals surface area contributed by atoms with Crippen molar-refractivity contribution < 1.29 is 9.32 Å². The minimum atomic E-state index is 0.0546. The molecule has 0 unspecified atom stereocenters. The van der Waals surface area contributed by atoms with Crippen molar-refractivity contribution in [2.24, 2.45) is 5.92 Å². The zero-order valence-electron chi connectivity index (χ0n) is 13.5. The van der Waals surface area contributed by atoms with Crippen LogP contribution in [0.3, 0.4) is 0 Å². The number of rotatable bonds is 4. The minimum Gasteiger partial charge on any atom is -0.361 e. The lowest BCUT2D eigenvalue weighted by molar-refractivity contribution is 0.177. The van der Waals surface area contributed by atoms with E-state index < -0.39 is 0 Å². The number of amides is 2. The third-order valence-electron chi connectivity index (χ3n) is 5.07. The van der Waals surface area contributed by atoms with Gasteiger partial charge in [0.05, 0.1) is 6.54 Å². The second-order valence-corrected chi connectivity index (χ2v) is 6.82. The predicted octanol–water partition coefficient (Wildman–Crippen LogP) is 3.63. The second kappa shape index (κ2) is 7.16. The van der Waals surface area contributed by atoms with Gasteiger partial charge >= 0.3 is 6.03 Å². The summed E-state index contributed by atoms with van der Waals surface area (Å²) in [7, 11) is 0. The first kappa shape index (κ1) is 15.4. The van der Waals surface area contributed by atoms with Crippen molar-refractivity contribution in [3.05, 3.63) is 17.5 Å². The van der Waals surface area contributed by atoms with E-state index in [1.54, 1.807) is 0 Å². The first-order valence-corrected chi connectivity index (χ1v) is 8.69. The van der Waals surface area contributed by atoms with Crippen LogP contribution in [0.5, 0.6) is 0 Å². The number of carbonyl (C=O) groups is 1. The Bertz CT molecular complexity index is 494. The molecule has 0 bridgehead atoms. The summed E-state index contributed by atoms with van der Waals surface area (Å²) in [4.78, 5) is 14.5. The van der Waals surface area contributed by atoms with E-state index in [0.29, 0.717) is 12.6 Å². The van der Waals surface area contributed by atoms with Crippen LogP contribution in [0.15, 0.2) is 10.6 Å². The van der Waals surface area contributed by atoms with E-state index in [1.807, 2.05) is 17.9 Å². The van der Waals surface area contributed by atoms with E-state index in [-0.39, 0.29) is 6.03 Å². The molecule has 2 heterocycles. The Morgan fingerprint density at radius 2 is 2.14 bits per heavy atom. The van der Waals surface area contributed by atoms with E-state index in [9.17, 15) is 4.79 Å². The van der Waals surface area contributed by atoms with E-state index in [0.717, 1.165) is 36.8 Å². The van der Waals surface area contributed by atoms with Gasteiger partial charge in [0.25, 0.3) is 0 Å². The van der Waals surface area contributed by atoms with Gasteiger partial charge in [-0.25, -0.2) is 4.79 Å². The van der Waals surface area contributed by atoms with Crippen molar-refractivity contribution in [2.75, 3.05) is 6.54 Å². The third-order valence-corrected chi connectivity index (χ3v) is 5.07. The summed E-state index contributed by atoms with van der Waals surface area (Å²) in [5, 5.41) is 6.90. The van der Waals surface area contributed by atoms with E-state index in [2.05, 4.69) is 10.5 Å². The fourth-order valence-electron chi connectivity index (χ4n) is 3.92. The fourth-order valence-corrected chi connectivity index (χ4v) is 3.92. The van der Waals surface area contributed by atoms with E-state index in [4.69, 9.17) is 4.52 Å². The van der Waals surface area contributed by atoms with Gasteiger partial charge in [0, 0.05) is 18.7 Å². The molecule has 2 amide bonds. The summed E-state index contributed by atoms with van der Waals surface area (Å²) < 4.78 is 5.03. The lowest BCUT2D eigenvalue weighted by atomic mass is 9.84. The molecule has 0 aromatic carbocycles. The summed E-state index contributed by atoms with van der Waals surface area (Å²) in [6, 6.07) is 2.35. The van der Waals surface area contributed by atoms with E-state index in [1.165, 1.54) is 38.5 Å². The van der Waals surface area contributed by atoms with Crippen LogP contribution in [0.2, 0.25) is 0 Å². The normalized spacial score (nSPS) is 23.0. The molecule has 2 aliphatic rings. The van der Waals surface area contributed by atoms with Gasteiger partial charge in [-0.15, -0.1) is 0 Å². The Hall–Kier alpha value is -1.52. The highest BCUT2D eigenvalue weighted by molar-refractivity contribution is 5.74. The molecule has 122 valence electrons. The zero-order chi connectivity index (χ0) is 15.4. The summed E-state index contributed by atoms with van der Waals surface area (Å²) >= 11 is 0. The summed E-state index contributed by atoms with van der Waals surface area (Å²) in [5.74, 6) is 1.60. The molecule has 2 fully saturated rings. The lowest BCUT2D eigenvalue weighted by Crippen LogP contribution is -2.43. The van der Waals surface area contributed by atoms with Gasteiger partial charge < -0.3 is 14.7 Å². The van der Waals surface area contributed by atoms with Crippen LogP contribution in [0.4, 0.5) is 4.79 Å². The molecule has 3 rings (SSSR count). The topological polar surface area (TPSA) is 58.4 Å². The maximum Gasteiger partial charge on any atom is 0.317 e. The van der Waals surface area contributed by atoms with Crippen LogP contribution in [0.1, 0.15) is 62.8 Å². The van der Waals surface area contributed by atoms with Gasteiger partial charge in [-0.2, -0.15) is 0 Å². The molecule has 5 nitrogen and oxygen atoms in total. The molecule has 1 saturated heterocycles. The molecule has 5 heteroatoms. The Kier molecular flexibility index (Phi) is 5.01. The highest BCUT2D eigenvalue weighted by Gasteiger charge is 2.31. The second-order valence-electron chi connectivity index (χ2n) is 6.82. The Balaban J connectivity index is 1.49. The molecule has 1 atom stereocenters. The maximum absolute atomic E-state index is 12.4. The minimum absolute atomic E-state index is 0.0546. The third kappa shape index (κ3) is 3.81. The van der Waals surface area contributed by atoms with Crippen molar-refractivity contribution in [3.8, 4) is 0 Å². The van der Waals surface area contributed by atoms with Crippen LogP contribution in [0.25, 0.3) is 0 Å². The van der Waals surface area contributed by atoms with Crippen molar-refractivity contribution in [1.29, 1.82) is 0 Å². The SMILES string of the molecule is Cc1cc(CNC(=O)N2CCC[C@@H]2CC2CCCCC2)no1. The number of hydrogen-bond acceptors (Lipinski definition) is 3. The van der Waals surface area contributed by atoms with Gasteiger partial charge in [-0.3, -0.25) is 0 Å². The zero-order valence-corrected chi connectivity index (χ0v) is 13.5. The van der Waals surface area contributed by atoms with Gasteiger partial charge in [-0.05, 0) is 32.1 Å². The van der Waals surface area contributed by atoms with Crippen molar-refractivity contribution in [1.82, 2.24) is 15.4 Å². The number of nitrogens with zero attached hydrogens (tertiary/aromatic N) is 2. The summed E-state index contributed by atoms with van der Waals surface area (Å²) in [6.07, 6.45) is 10.3. The molecule has 1 aromatic rings. The number of likely N-dealkylation sites (tertiary alicyclic amines) is 1. The number of aromatic nitrogens is 1. The fraction of sp³-hybridized carbons (Fsp3) is 0.765. The van der Waals surface area contributed by atoms with Crippen LogP contribution in [-0.2, 0) is 6.54 Å². The van der Waals surface area contributed by atoms with E-state index >= 15 is 0 Å². The largest absolute Gasteiger partial charge is 0.361 e. The highest BCUT2D eigenvalue weighted by Crippen LogP contribution is 2.32. The van der Waals surface area contributed by atoms with Gasteiger partial charge in [-0.1, -0.05) is 37.3 Å². The lowest BCUT2D eigenvalue weighted by Gasteiger charge is -2.30. The number of carbonyl (C=O) groups excluding carboxylic acids is 1. The number of urea groups is 1. The van der Waals surface area contributed by atoms with Gasteiger partial charge in [0.15, 0.2) is 0 Å². The molecule has 1 N–H and O–H groups in total. The average Bonchev–Trinajstić information content (AvgIpc) is 3.15. The van der Waals surface area contributed by atoms with Crippen LogP contribution >= 0.6 is 0 Å². The first-order valence-electron chi connectivity index (χ1n) is 8.69. The molecule has 0 radical (unpaired) electrons. The Morgan fingerprint density at radius 1 is 1.32 bits per heavy atom. The maximum atomic E-state index is 12.4. The number of hydrogen-bond donors (Lipinski definition) is 1. The molecule has 22 heavy (non-hydrogen) atoms. The average molecular weight is 305 g/mol. The Morgan fingerprint density at radius 3 is 2.86 bits per heavy atom. The quantitative estimate of drug-likeness (QED) is 0.924. The summed E-state index contributed by atoms with van der Waals surface area (Å²) in [5.41, 5.74) is 0.786. The molecule has 1 saturated carbocycles. The molecule has 1 aromatic heterocycles. The Labute approximate surface area is 132 Å².